The predicted molar refractivity (Wildman–Crippen MR) is 74.3 cm³/mol. The Labute approximate surface area is 113 Å². The van der Waals surface area contributed by atoms with Crippen LogP contribution >= 0.6 is 0 Å². The smallest absolute Gasteiger partial charge is 0.122 e. The highest BCUT2D eigenvalue weighted by Gasteiger charge is 2.18. The second kappa shape index (κ2) is 5.05. The average molecular weight is 257 g/mol. The van der Waals surface area contributed by atoms with Gasteiger partial charge in [0.25, 0.3) is 0 Å². The van der Waals surface area contributed by atoms with Crippen molar-refractivity contribution in [3.8, 4) is 5.75 Å². The summed E-state index contributed by atoms with van der Waals surface area (Å²) < 4.78 is 7.61. The lowest BCUT2D eigenvalue weighted by Crippen LogP contribution is -2.30. The molecule has 19 heavy (non-hydrogen) atoms. The number of rotatable bonds is 3. The summed E-state index contributed by atoms with van der Waals surface area (Å²) in [5.74, 6) is 2.04. The van der Waals surface area contributed by atoms with Gasteiger partial charge in [-0.15, -0.1) is 0 Å². The summed E-state index contributed by atoms with van der Waals surface area (Å²) in [4.78, 5) is 4.70. The van der Waals surface area contributed by atoms with Crippen LogP contribution in [0.5, 0.6) is 5.75 Å². The van der Waals surface area contributed by atoms with Gasteiger partial charge in [-0.1, -0.05) is 18.2 Å². The Balaban J connectivity index is 1.84. The van der Waals surface area contributed by atoms with Gasteiger partial charge in [-0.3, -0.25) is 0 Å². The third-order valence-electron chi connectivity index (χ3n) is 3.66. The number of hydrogen-bond donors (Lipinski definition) is 1. The lowest BCUT2D eigenvalue weighted by molar-refractivity contribution is 0.410. The zero-order chi connectivity index (χ0) is 13.2. The maximum absolute atomic E-state index is 5.98. The van der Waals surface area contributed by atoms with E-state index in [0.29, 0.717) is 0 Å². The van der Waals surface area contributed by atoms with E-state index in [1.807, 2.05) is 18.2 Å². The molecule has 0 spiro atoms. The van der Waals surface area contributed by atoms with E-state index in [1.165, 1.54) is 5.56 Å². The summed E-state index contributed by atoms with van der Waals surface area (Å²) in [6.45, 7) is 0.982. The van der Waals surface area contributed by atoms with Gasteiger partial charge in [0.05, 0.1) is 12.8 Å². The molecule has 2 heterocycles. The monoisotopic (exact) mass is 257 g/mol. The highest BCUT2D eigenvalue weighted by Crippen LogP contribution is 2.22. The Morgan fingerprint density at radius 2 is 2.26 bits per heavy atom. The number of aromatic nitrogens is 2. The molecule has 0 amide bonds. The zero-order valence-corrected chi connectivity index (χ0v) is 11.2. The standard InChI is InChI=1S/C15H19N3O/c1-19-14-5-3-2-4-11(14)8-13-10-18-7-6-12(16)9-15(18)17-13/h2-5,10,12H,6-9,16H2,1H3. The number of nitrogens with zero attached hydrogens (tertiary/aromatic N) is 2. The topological polar surface area (TPSA) is 53.1 Å². The Bertz CT molecular complexity index is 577. The average Bonchev–Trinajstić information content (AvgIpc) is 2.80. The quantitative estimate of drug-likeness (QED) is 0.911. The zero-order valence-electron chi connectivity index (χ0n) is 11.2. The first-order valence-corrected chi connectivity index (χ1v) is 6.68. The number of para-hydroxylation sites is 1. The molecular weight excluding hydrogens is 238 g/mol. The molecule has 0 saturated heterocycles. The SMILES string of the molecule is COc1ccccc1Cc1cn2c(n1)CC(N)CC2. The molecule has 0 bridgehead atoms. The van der Waals surface area contributed by atoms with Gasteiger partial charge in [0.15, 0.2) is 0 Å². The van der Waals surface area contributed by atoms with Crippen molar-refractivity contribution in [3.05, 3.63) is 47.5 Å². The summed E-state index contributed by atoms with van der Waals surface area (Å²) >= 11 is 0. The third-order valence-corrected chi connectivity index (χ3v) is 3.66. The van der Waals surface area contributed by atoms with E-state index >= 15 is 0 Å². The van der Waals surface area contributed by atoms with Crippen LogP contribution in [0.4, 0.5) is 0 Å². The first kappa shape index (κ1) is 12.2. The molecule has 1 aliphatic heterocycles. The molecule has 4 heteroatoms. The normalized spacial score (nSPS) is 18.1. The predicted octanol–water partition coefficient (Wildman–Crippen LogP) is 1.76. The van der Waals surface area contributed by atoms with Crippen LogP contribution in [-0.4, -0.2) is 22.7 Å². The molecule has 0 saturated carbocycles. The van der Waals surface area contributed by atoms with Crippen molar-refractivity contribution in [1.82, 2.24) is 9.55 Å². The fourth-order valence-corrected chi connectivity index (χ4v) is 2.64. The van der Waals surface area contributed by atoms with Gasteiger partial charge in [0, 0.05) is 37.2 Å². The van der Waals surface area contributed by atoms with E-state index < -0.39 is 0 Å². The van der Waals surface area contributed by atoms with Crippen LogP contribution in [0.1, 0.15) is 23.5 Å². The van der Waals surface area contributed by atoms with Crippen molar-refractivity contribution >= 4 is 0 Å². The van der Waals surface area contributed by atoms with Crippen LogP contribution in [0.25, 0.3) is 0 Å². The van der Waals surface area contributed by atoms with E-state index in [1.54, 1.807) is 7.11 Å². The van der Waals surface area contributed by atoms with Crippen molar-refractivity contribution in [2.45, 2.75) is 31.8 Å². The largest absolute Gasteiger partial charge is 0.496 e. The van der Waals surface area contributed by atoms with E-state index in [-0.39, 0.29) is 6.04 Å². The molecule has 4 nitrogen and oxygen atoms in total. The number of nitrogens with two attached hydrogens (primary N) is 1. The maximum atomic E-state index is 5.98. The number of ether oxygens (including phenoxy) is 1. The molecule has 0 radical (unpaired) electrons. The Hall–Kier alpha value is -1.81. The van der Waals surface area contributed by atoms with Crippen molar-refractivity contribution in [3.63, 3.8) is 0 Å². The minimum atomic E-state index is 0.258. The molecule has 0 fully saturated rings. The Kier molecular flexibility index (Phi) is 3.25. The summed E-state index contributed by atoms with van der Waals surface area (Å²) in [7, 11) is 1.70. The van der Waals surface area contributed by atoms with E-state index in [4.69, 9.17) is 15.5 Å². The number of methoxy groups -OCH3 is 1. The van der Waals surface area contributed by atoms with Gasteiger partial charge < -0.3 is 15.0 Å². The number of aryl methyl sites for hydroxylation is 1. The Morgan fingerprint density at radius 3 is 3.11 bits per heavy atom. The van der Waals surface area contributed by atoms with Crippen molar-refractivity contribution in [2.75, 3.05) is 7.11 Å². The minimum absolute atomic E-state index is 0.258. The second-order valence-electron chi connectivity index (χ2n) is 5.08. The molecule has 1 aromatic carbocycles. The molecule has 2 N–H and O–H groups in total. The fraction of sp³-hybridized carbons (Fsp3) is 0.400. The maximum Gasteiger partial charge on any atom is 0.122 e. The summed E-state index contributed by atoms with van der Waals surface area (Å²) in [5, 5.41) is 0. The third kappa shape index (κ3) is 2.49. The van der Waals surface area contributed by atoms with E-state index in [2.05, 4.69) is 16.8 Å². The molecule has 1 aromatic heterocycles. The van der Waals surface area contributed by atoms with Crippen LogP contribution in [-0.2, 0) is 19.4 Å². The number of hydrogen-bond acceptors (Lipinski definition) is 3. The summed E-state index contributed by atoms with van der Waals surface area (Å²) in [6, 6.07) is 8.35. The molecule has 1 atom stereocenters. The number of fused-ring (bicyclic) bond motifs is 1. The fourth-order valence-electron chi connectivity index (χ4n) is 2.64. The Morgan fingerprint density at radius 1 is 1.42 bits per heavy atom. The van der Waals surface area contributed by atoms with Crippen molar-refractivity contribution in [1.29, 1.82) is 0 Å². The van der Waals surface area contributed by atoms with E-state index in [9.17, 15) is 0 Å². The molecule has 3 rings (SSSR count). The highest BCUT2D eigenvalue weighted by atomic mass is 16.5. The first-order valence-electron chi connectivity index (χ1n) is 6.68. The summed E-state index contributed by atoms with van der Waals surface area (Å²) in [5.41, 5.74) is 8.25. The minimum Gasteiger partial charge on any atom is -0.496 e. The van der Waals surface area contributed by atoms with Crippen LogP contribution in [0.15, 0.2) is 30.5 Å². The van der Waals surface area contributed by atoms with Crippen LogP contribution < -0.4 is 10.5 Å². The number of imidazole rings is 1. The molecule has 100 valence electrons. The molecule has 1 unspecified atom stereocenters. The van der Waals surface area contributed by atoms with Gasteiger partial charge >= 0.3 is 0 Å². The van der Waals surface area contributed by atoms with Crippen LogP contribution in [0, 0.1) is 0 Å². The van der Waals surface area contributed by atoms with Gasteiger partial charge in [0.1, 0.15) is 11.6 Å². The molecular formula is C15H19N3O. The van der Waals surface area contributed by atoms with Crippen LogP contribution in [0.2, 0.25) is 0 Å². The van der Waals surface area contributed by atoms with E-state index in [0.717, 1.165) is 43.1 Å². The molecule has 0 aliphatic carbocycles. The van der Waals surface area contributed by atoms with Crippen LogP contribution in [0.3, 0.4) is 0 Å². The van der Waals surface area contributed by atoms with Gasteiger partial charge in [-0.25, -0.2) is 4.98 Å². The molecule has 2 aromatic rings. The highest BCUT2D eigenvalue weighted by molar-refractivity contribution is 5.36. The summed E-state index contributed by atoms with van der Waals surface area (Å²) in [6.07, 6.45) is 4.87. The van der Waals surface area contributed by atoms with Crippen molar-refractivity contribution in [2.24, 2.45) is 5.73 Å². The van der Waals surface area contributed by atoms with Gasteiger partial charge in [-0.2, -0.15) is 0 Å². The van der Waals surface area contributed by atoms with Gasteiger partial charge in [-0.05, 0) is 12.5 Å². The number of benzene rings is 1. The second-order valence-corrected chi connectivity index (χ2v) is 5.08. The first-order chi connectivity index (χ1) is 9.26. The van der Waals surface area contributed by atoms with Gasteiger partial charge in [0.2, 0.25) is 0 Å². The molecule has 1 aliphatic rings. The van der Waals surface area contributed by atoms with Crippen molar-refractivity contribution < 1.29 is 4.74 Å². The lowest BCUT2D eigenvalue weighted by Gasteiger charge is -2.18. The lowest BCUT2D eigenvalue weighted by atomic mass is 10.1.